The second-order valence-corrected chi connectivity index (χ2v) is 3.22. The number of tetrazole rings is 1. The van der Waals surface area contributed by atoms with Crippen LogP contribution in [0.5, 0.6) is 0 Å². The van der Waals surface area contributed by atoms with E-state index >= 15 is 0 Å². The monoisotopic (exact) mass is 153 g/mol. The minimum Gasteiger partial charge on any atom is -0.380 e. The Morgan fingerprint density at radius 2 is 2.45 bits per heavy atom. The van der Waals surface area contributed by atoms with E-state index in [1.165, 1.54) is 0 Å². The van der Waals surface area contributed by atoms with Crippen LogP contribution < -0.4 is 0 Å². The molecule has 5 heteroatoms. The largest absolute Gasteiger partial charge is 0.380 e. The fourth-order valence-corrected chi connectivity index (χ4v) is 1.11. The van der Waals surface area contributed by atoms with Crippen molar-refractivity contribution in [1.82, 2.24) is 20.2 Å². The summed E-state index contributed by atoms with van der Waals surface area (Å²) in [6, 6.07) is 0. The fraction of sp³-hybridized carbons (Fsp3) is 0.833. The highest BCUT2D eigenvalue weighted by Crippen LogP contribution is 2.27. The SMILES string of the molecule is CC1(Cn2n[c]nn2)COC1. The summed E-state index contributed by atoms with van der Waals surface area (Å²) in [6.45, 7) is 4.48. The van der Waals surface area contributed by atoms with Gasteiger partial charge in [0.2, 0.25) is 6.33 Å². The number of ether oxygens (including phenoxy) is 1. The minimum absolute atomic E-state index is 0.203. The van der Waals surface area contributed by atoms with Gasteiger partial charge in [0.05, 0.1) is 19.8 Å². The molecule has 1 aliphatic heterocycles. The van der Waals surface area contributed by atoms with Crippen LogP contribution in [-0.2, 0) is 11.3 Å². The number of nitrogens with zero attached hydrogens (tertiary/aromatic N) is 4. The average Bonchev–Trinajstić information content (AvgIpc) is 2.36. The molecule has 0 N–H and O–H groups in total. The molecule has 0 aliphatic carbocycles. The molecule has 5 nitrogen and oxygen atoms in total. The Bertz CT molecular complexity index is 229. The first-order valence-corrected chi connectivity index (χ1v) is 3.50. The second-order valence-electron chi connectivity index (χ2n) is 3.22. The molecule has 0 saturated carbocycles. The van der Waals surface area contributed by atoms with Crippen molar-refractivity contribution in [2.75, 3.05) is 13.2 Å². The lowest BCUT2D eigenvalue weighted by atomic mass is 9.89. The number of hydrogen-bond donors (Lipinski definition) is 0. The molecule has 0 atom stereocenters. The van der Waals surface area contributed by atoms with Gasteiger partial charge in [-0.15, -0.1) is 10.2 Å². The smallest absolute Gasteiger partial charge is 0.245 e. The Morgan fingerprint density at radius 1 is 1.64 bits per heavy atom. The van der Waals surface area contributed by atoms with Crippen LogP contribution in [0.2, 0.25) is 0 Å². The molecule has 1 radical (unpaired) electrons. The highest BCUT2D eigenvalue weighted by atomic mass is 16.5. The minimum atomic E-state index is 0.203. The van der Waals surface area contributed by atoms with Gasteiger partial charge in [-0.25, -0.2) is 0 Å². The van der Waals surface area contributed by atoms with Gasteiger partial charge < -0.3 is 4.74 Å². The molecular weight excluding hydrogens is 144 g/mol. The number of aromatic nitrogens is 4. The molecule has 11 heavy (non-hydrogen) atoms. The van der Waals surface area contributed by atoms with Crippen LogP contribution in [0.1, 0.15) is 6.92 Å². The molecule has 2 rings (SSSR count). The van der Waals surface area contributed by atoms with Gasteiger partial charge in [-0.3, -0.25) is 0 Å². The molecule has 59 valence electrons. The van der Waals surface area contributed by atoms with Crippen LogP contribution >= 0.6 is 0 Å². The highest BCUT2D eigenvalue weighted by molar-refractivity contribution is 4.79. The van der Waals surface area contributed by atoms with E-state index in [2.05, 4.69) is 28.7 Å². The third kappa shape index (κ3) is 1.23. The molecule has 0 aromatic carbocycles. The fourth-order valence-electron chi connectivity index (χ4n) is 1.11. The normalized spacial score (nSPS) is 21.2. The van der Waals surface area contributed by atoms with Gasteiger partial charge in [-0.05, 0) is 5.21 Å². The van der Waals surface area contributed by atoms with E-state index in [1.54, 1.807) is 4.80 Å². The van der Waals surface area contributed by atoms with Crippen LogP contribution in [-0.4, -0.2) is 33.4 Å². The van der Waals surface area contributed by atoms with Crippen molar-refractivity contribution in [3.8, 4) is 0 Å². The summed E-state index contributed by atoms with van der Waals surface area (Å²) in [6.07, 6.45) is 2.41. The van der Waals surface area contributed by atoms with Gasteiger partial charge in [0, 0.05) is 5.41 Å². The molecule has 2 heterocycles. The molecule has 1 saturated heterocycles. The molecule has 1 fully saturated rings. The summed E-state index contributed by atoms with van der Waals surface area (Å²) in [5.74, 6) is 0. The maximum atomic E-state index is 5.09. The van der Waals surface area contributed by atoms with E-state index < -0.39 is 0 Å². The Hall–Kier alpha value is -0.970. The van der Waals surface area contributed by atoms with Crippen LogP contribution in [0, 0.1) is 11.7 Å². The Morgan fingerprint density at radius 3 is 2.91 bits per heavy atom. The third-order valence-electron chi connectivity index (χ3n) is 1.78. The van der Waals surface area contributed by atoms with E-state index in [0.717, 1.165) is 19.8 Å². The molecule has 0 spiro atoms. The van der Waals surface area contributed by atoms with Crippen molar-refractivity contribution in [3.63, 3.8) is 0 Å². The summed E-state index contributed by atoms with van der Waals surface area (Å²) in [4.78, 5) is 1.54. The summed E-state index contributed by atoms with van der Waals surface area (Å²) in [7, 11) is 0. The molecule has 0 bridgehead atoms. The third-order valence-corrected chi connectivity index (χ3v) is 1.78. The number of hydrogen-bond acceptors (Lipinski definition) is 4. The second kappa shape index (κ2) is 2.27. The standard InChI is InChI=1S/C6H9N4O/c1-6(3-11-4-6)2-10-8-5-7-9-10/h2-4H2,1H3. The van der Waals surface area contributed by atoms with Crippen molar-refractivity contribution >= 4 is 0 Å². The van der Waals surface area contributed by atoms with Gasteiger partial charge in [-0.2, -0.15) is 4.80 Å². The average molecular weight is 153 g/mol. The van der Waals surface area contributed by atoms with E-state index in [-0.39, 0.29) is 5.41 Å². The van der Waals surface area contributed by atoms with Gasteiger partial charge in [0.1, 0.15) is 0 Å². The van der Waals surface area contributed by atoms with E-state index in [1.807, 2.05) is 0 Å². The van der Waals surface area contributed by atoms with Crippen LogP contribution in [0.25, 0.3) is 0 Å². The maximum Gasteiger partial charge on any atom is 0.245 e. The lowest BCUT2D eigenvalue weighted by Gasteiger charge is -2.36. The topological polar surface area (TPSA) is 52.8 Å². The lowest BCUT2D eigenvalue weighted by Crippen LogP contribution is -2.43. The Kier molecular flexibility index (Phi) is 1.38. The summed E-state index contributed by atoms with van der Waals surface area (Å²) < 4.78 is 5.09. The van der Waals surface area contributed by atoms with Crippen molar-refractivity contribution in [2.24, 2.45) is 5.41 Å². The van der Waals surface area contributed by atoms with Crippen molar-refractivity contribution in [1.29, 1.82) is 0 Å². The van der Waals surface area contributed by atoms with Gasteiger partial charge in [-0.1, -0.05) is 6.92 Å². The van der Waals surface area contributed by atoms with Crippen LogP contribution in [0.15, 0.2) is 0 Å². The van der Waals surface area contributed by atoms with E-state index in [4.69, 9.17) is 4.74 Å². The highest BCUT2D eigenvalue weighted by Gasteiger charge is 2.34. The summed E-state index contributed by atoms with van der Waals surface area (Å²) in [5, 5.41) is 11.0. The molecule has 1 aromatic heterocycles. The zero-order chi connectivity index (χ0) is 7.73. The zero-order valence-corrected chi connectivity index (χ0v) is 6.32. The molecule has 0 amide bonds. The van der Waals surface area contributed by atoms with E-state index in [0.29, 0.717) is 0 Å². The Balaban J connectivity index is 2.00. The quantitative estimate of drug-likeness (QED) is 0.575. The summed E-state index contributed by atoms with van der Waals surface area (Å²) >= 11 is 0. The van der Waals surface area contributed by atoms with Crippen molar-refractivity contribution in [2.45, 2.75) is 13.5 Å². The van der Waals surface area contributed by atoms with E-state index in [9.17, 15) is 0 Å². The van der Waals surface area contributed by atoms with Crippen molar-refractivity contribution < 1.29 is 4.74 Å². The number of rotatable bonds is 2. The van der Waals surface area contributed by atoms with Gasteiger partial charge >= 0.3 is 0 Å². The van der Waals surface area contributed by atoms with Crippen LogP contribution in [0.3, 0.4) is 0 Å². The maximum absolute atomic E-state index is 5.09. The molecule has 0 unspecified atom stereocenters. The predicted octanol–water partition coefficient (Wildman–Crippen LogP) is -0.490. The summed E-state index contributed by atoms with van der Waals surface area (Å²) in [5.41, 5.74) is 0.203. The zero-order valence-electron chi connectivity index (χ0n) is 6.32. The molecule has 1 aliphatic rings. The molecule has 1 aromatic rings. The first kappa shape index (κ1) is 6.72. The van der Waals surface area contributed by atoms with Crippen LogP contribution in [0.4, 0.5) is 0 Å². The van der Waals surface area contributed by atoms with Crippen molar-refractivity contribution in [3.05, 3.63) is 6.33 Å². The Labute approximate surface area is 64.3 Å². The van der Waals surface area contributed by atoms with Gasteiger partial charge in [0.15, 0.2) is 0 Å². The first-order chi connectivity index (χ1) is 5.29. The lowest BCUT2D eigenvalue weighted by molar-refractivity contribution is -0.113. The molecular formula is C6H9N4O. The predicted molar refractivity (Wildman–Crippen MR) is 35.6 cm³/mol. The van der Waals surface area contributed by atoms with Gasteiger partial charge in [0.25, 0.3) is 0 Å². The first-order valence-electron chi connectivity index (χ1n) is 3.50.